The maximum Gasteiger partial charge on any atom is 0.303 e. The minimum absolute atomic E-state index is 0.0576. The van der Waals surface area contributed by atoms with Gasteiger partial charge in [-0.3, -0.25) is 9.59 Å². The molecule has 0 aliphatic heterocycles. The van der Waals surface area contributed by atoms with Crippen molar-refractivity contribution in [1.82, 2.24) is 0 Å². The van der Waals surface area contributed by atoms with E-state index >= 15 is 0 Å². The number of benzene rings is 2. The summed E-state index contributed by atoms with van der Waals surface area (Å²) in [4.78, 5) is 24.4. The average molecular weight is 453 g/mol. The standard InChI is InChI=1S/C27H32O6/c1-15(2)7-6-8-16(3)9-10-20-21(29)12-18-11-19-13-27(5,33-17(4)28)14-22(30)23(19)26(32)24(18)25(20)31/h7,9,11-12,29,31-32H,6,8,10,13-14H2,1-5H3/b16-9+/t27-/m1/s1. The molecule has 0 saturated carbocycles. The first kappa shape index (κ1) is 24.4. The largest absolute Gasteiger partial charge is 0.507 e. The van der Waals surface area contributed by atoms with Gasteiger partial charge in [-0.15, -0.1) is 0 Å². The number of rotatable bonds is 6. The van der Waals surface area contributed by atoms with Gasteiger partial charge in [0.1, 0.15) is 22.8 Å². The van der Waals surface area contributed by atoms with Crippen LogP contribution in [0.2, 0.25) is 0 Å². The predicted molar refractivity (Wildman–Crippen MR) is 128 cm³/mol. The van der Waals surface area contributed by atoms with Crippen LogP contribution in [0.5, 0.6) is 17.2 Å². The molecule has 0 radical (unpaired) electrons. The van der Waals surface area contributed by atoms with E-state index in [0.29, 0.717) is 22.9 Å². The van der Waals surface area contributed by atoms with E-state index in [4.69, 9.17) is 4.74 Å². The molecule has 0 aromatic heterocycles. The number of ketones is 1. The number of hydrogen-bond donors (Lipinski definition) is 3. The van der Waals surface area contributed by atoms with Gasteiger partial charge in [-0.25, -0.2) is 0 Å². The van der Waals surface area contributed by atoms with Crippen LogP contribution >= 0.6 is 0 Å². The molecule has 0 bridgehead atoms. The number of aromatic hydroxyl groups is 3. The van der Waals surface area contributed by atoms with Gasteiger partial charge in [-0.1, -0.05) is 23.3 Å². The lowest BCUT2D eigenvalue weighted by Gasteiger charge is -2.33. The number of allylic oxidation sites excluding steroid dienone is 4. The van der Waals surface area contributed by atoms with Crippen molar-refractivity contribution in [2.75, 3.05) is 0 Å². The van der Waals surface area contributed by atoms with Gasteiger partial charge in [0.25, 0.3) is 0 Å². The molecule has 0 amide bonds. The summed E-state index contributed by atoms with van der Waals surface area (Å²) >= 11 is 0. The zero-order valence-electron chi connectivity index (χ0n) is 19.9. The fraction of sp³-hybridized carbons (Fsp3) is 0.407. The minimum Gasteiger partial charge on any atom is -0.507 e. The molecule has 6 nitrogen and oxygen atoms in total. The summed E-state index contributed by atoms with van der Waals surface area (Å²) in [6, 6.07) is 3.14. The third kappa shape index (κ3) is 5.21. The van der Waals surface area contributed by atoms with Crippen LogP contribution in [0.25, 0.3) is 10.8 Å². The summed E-state index contributed by atoms with van der Waals surface area (Å²) in [5.41, 5.74) is 2.32. The molecule has 6 heteroatoms. The molecule has 176 valence electrons. The van der Waals surface area contributed by atoms with Crippen LogP contribution in [0.3, 0.4) is 0 Å². The molecule has 2 aromatic rings. The first-order valence-corrected chi connectivity index (χ1v) is 11.2. The molecule has 0 heterocycles. The normalized spacial score (nSPS) is 18.2. The highest BCUT2D eigenvalue weighted by atomic mass is 16.6. The Morgan fingerprint density at radius 3 is 2.39 bits per heavy atom. The lowest BCUT2D eigenvalue weighted by molar-refractivity contribution is -0.155. The topological polar surface area (TPSA) is 104 Å². The molecule has 0 fully saturated rings. The SMILES string of the molecule is CC(=O)O[C@@]1(C)CC(=O)c2c(cc3cc(O)c(C/C=C(\C)CCC=C(C)C)c(O)c3c2O)C1. The average Bonchev–Trinajstić information content (AvgIpc) is 2.65. The lowest BCUT2D eigenvalue weighted by Crippen LogP contribution is -2.40. The van der Waals surface area contributed by atoms with Crippen molar-refractivity contribution in [3.05, 3.63) is 52.1 Å². The van der Waals surface area contributed by atoms with Crippen LogP contribution in [-0.2, 0) is 22.4 Å². The third-order valence-corrected chi connectivity index (χ3v) is 6.05. The molecule has 1 aliphatic rings. The molecule has 2 aromatic carbocycles. The van der Waals surface area contributed by atoms with Crippen molar-refractivity contribution in [1.29, 1.82) is 0 Å². The van der Waals surface area contributed by atoms with Gasteiger partial charge in [0.2, 0.25) is 0 Å². The van der Waals surface area contributed by atoms with Crippen molar-refractivity contribution in [3.63, 3.8) is 0 Å². The van der Waals surface area contributed by atoms with E-state index in [1.165, 1.54) is 18.6 Å². The summed E-state index contributed by atoms with van der Waals surface area (Å²) < 4.78 is 5.37. The highest BCUT2D eigenvalue weighted by molar-refractivity contribution is 6.09. The van der Waals surface area contributed by atoms with E-state index in [-0.39, 0.29) is 46.8 Å². The molecular weight excluding hydrogens is 420 g/mol. The Bertz CT molecular complexity index is 1180. The van der Waals surface area contributed by atoms with Crippen LogP contribution in [0.15, 0.2) is 35.4 Å². The second kappa shape index (κ2) is 9.30. The van der Waals surface area contributed by atoms with Gasteiger partial charge >= 0.3 is 5.97 Å². The van der Waals surface area contributed by atoms with Gasteiger partial charge in [0, 0.05) is 18.9 Å². The smallest absolute Gasteiger partial charge is 0.303 e. The summed E-state index contributed by atoms with van der Waals surface area (Å²) in [6.45, 7) is 9.08. The van der Waals surface area contributed by atoms with Crippen LogP contribution in [-0.4, -0.2) is 32.7 Å². The van der Waals surface area contributed by atoms with E-state index in [0.717, 1.165) is 18.4 Å². The number of esters is 1. The fourth-order valence-corrected chi connectivity index (χ4v) is 4.55. The van der Waals surface area contributed by atoms with Gasteiger partial charge < -0.3 is 20.1 Å². The number of phenols is 3. The molecule has 0 spiro atoms. The quantitative estimate of drug-likeness (QED) is 0.387. The predicted octanol–water partition coefficient (Wildman–Crippen LogP) is 5.64. The first-order valence-electron chi connectivity index (χ1n) is 11.2. The molecule has 1 atom stereocenters. The van der Waals surface area contributed by atoms with Crippen molar-refractivity contribution in [2.24, 2.45) is 0 Å². The van der Waals surface area contributed by atoms with Crippen molar-refractivity contribution < 1.29 is 29.6 Å². The Kier molecular flexibility index (Phi) is 6.86. The zero-order valence-corrected chi connectivity index (χ0v) is 19.9. The molecule has 0 unspecified atom stereocenters. The molecule has 3 N–H and O–H groups in total. The number of hydrogen-bond acceptors (Lipinski definition) is 6. The van der Waals surface area contributed by atoms with Crippen molar-refractivity contribution in [3.8, 4) is 17.2 Å². The number of phenolic OH excluding ortho intramolecular Hbond substituents is 3. The Hall–Kier alpha value is -3.28. The maximum absolute atomic E-state index is 12.9. The van der Waals surface area contributed by atoms with Crippen LogP contribution in [0.1, 0.15) is 75.4 Å². The number of carbonyl (C=O) groups is 2. The highest BCUT2D eigenvalue weighted by Crippen LogP contribution is 2.46. The third-order valence-electron chi connectivity index (χ3n) is 6.05. The van der Waals surface area contributed by atoms with Gasteiger partial charge in [-0.2, -0.15) is 0 Å². The molecule has 33 heavy (non-hydrogen) atoms. The van der Waals surface area contributed by atoms with Crippen molar-refractivity contribution >= 4 is 22.5 Å². The fourth-order valence-electron chi connectivity index (χ4n) is 4.55. The number of carbonyl (C=O) groups excluding carboxylic acids is 2. The molecule has 1 aliphatic carbocycles. The maximum atomic E-state index is 12.9. The van der Waals surface area contributed by atoms with Crippen LogP contribution in [0.4, 0.5) is 0 Å². The van der Waals surface area contributed by atoms with Crippen LogP contribution in [0, 0.1) is 0 Å². The second-order valence-electron chi connectivity index (χ2n) is 9.48. The number of ether oxygens (including phenoxy) is 1. The van der Waals surface area contributed by atoms with Gasteiger partial charge in [0.15, 0.2) is 5.78 Å². The molecular formula is C27H32O6. The Morgan fingerprint density at radius 2 is 1.76 bits per heavy atom. The highest BCUT2D eigenvalue weighted by Gasteiger charge is 2.39. The first-order chi connectivity index (χ1) is 15.4. The van der Waals surface area contributed by atoms with E-state index in [9.17, 15) is 24.9 Å². The van der Waals surface area contributed by atoms with E-state index < -0.39 is 11.6 Å². The number of fused-ring (bicyclic) bond motifs is 2. The lowest BCUT2D eigenvalue weighted by atomic mass is 9.78. The Labute approximate surface area is 194 Å². The summed E-state index contributed by atoms with van der Waals surface area (Å²) in [5.74, 6) is -1.47. The van der Waals surface area contributed by atoms with Gasteiger partial charge in [-0.05, 0) is 70.0 Å². The molecule has 3 rings (SSSR count). The summed E-state index contributed by atoms with van der Waals surface area (Å²) in [7, 11) is 0. The summed E-state index contributed by atoms with van der Waals surface area (Å²) in [6.07, 6.45) is 6.38. The number of Topliss-reactive ketones (excluding diaryl/α,β-unsaturated/α-hetero) is 1. The van der Waals surface area contributed by atoms with E-state index in [1.54, 1.807) is 13.0 Å². The molecule has 0 saturated heterocycles. The van der Waals surface area contributed by atoms with Crippen LogP contribution < -0.4 is 0 Å². The zero-order chi connectivity index (χ0) is 24.5. The van der Waals surface area contributed by atoms with Crippen molar-refractivity contribution in [2.45, 2.75) is 72.3 Å². The monoisotopic (exact) mass is 452 g/mol. The van der Waals surface area contributed by atoms with E-state index in [1.807, 2.05) is 13.0 Å². The second-order valence-corrected chi connectivity index (χ2v) is 9.48. The minimum atomic E-state index is -1.01. The Morgan fingerprint density at radius 1 is 1.06 bits per heavy atom. The Balaban J connectivity index is 2.01. The van der Waals surface area contributed by atoms with E-state index in [2.05, 4.69) is 19.9 Å². The van der Waals surface area contributed by atoms with Gasteiger partial charge in [0.05, 0.1) is 17.4 Å². The summed E-state index contributed by atoms with van der Waals surface area (Å²) in [5, 5.41) is 33.1.